The molecule has 1 heterocycles. The van der Waals surface area contributed by atoms with Crippen LogP contribution in [-0.4, -0.2) is 30.1 Å². The Morgan fingerprint density at radius 3 is 2.60 bits per heavy atom. The first-order chi connectivity index (χ1) is 9.65. The molecule has 112 valence electrons. The molecule has 0 bridgehead atoms. The molecule has 0 spiro atoms. The molecule has 2 nitrogen and oxygen atoms in total. The van der Waals surface area contributed by atoms with Gasteiger partial charge in [0, 0.05) is 31.2 Å². The molecule has 2 rings (SSSR count). The van der Waals surface area contributed by atoms with E-state index in [0.717, 1.165) is 19.5 Å². The minimum Gasteiger partial charge on any atom is -0.311 e. The highest BCUT2D eigenvalue weighted by Crippen LogP contribution is 2.26. The van der Waals surface area contributed by atoms with Gasteiger partial charge in [0.25, 0.3) is 0 Å². The van der Waals surface area contributed by atoms with Crippen molar-refractivity contribution in [1.29, 1.82) is 0 Å². The van der Waals surface area contributed by atoms with Crippen LogP contribution in [0.1, 0.15) is 51.6 Å². The van der Waals surface area contributed by atoms with Crippen molar-refractivity contribution < 1.29 is 4.39 Å². The lowest BCUT2D eigenvalue weighted by Gasteiger charge is -2.43. The van der Waals surface area contributed by atoms with E-state index in [1.54, 1.807) is 12.1 Å². The number of hydrogen-bond acceptors (Lipinski definition) is 2. The molecule has 1 aliphatic heterocycles. The summed E-state index contributed by atoms with van der Waals surface area (Å²) in [5.41, 5.74) is 1.21. The van der Waals surface area contributed by atoms with E-state index in [1.807, 2.05) is 12.1 Å². The van der Waals surface area contributed by atoms with Gasteiger partial charge in [-0.25, -0.2) is 4.39 Å². The maximum Gasteiger partial charge on any atom is 0.123 e. The van der Waals surface area contributed by atoms with Gasteiger partial charge in [0.1, 0.15) is 5.82 Å². The molecule has 0 radical (unpaired) electrons. The predicted octanol–water partition coefficient (Wildman–Crippen LogP) is 3.74. The Balaban J connectivity index is 2.11. The third-order valence-electron chi connectivity index (χ3n) is 4.50. The average Bonchev–Trinajstić information content (AvgIpc) is 2.47. The van der Waals surface area contributed by atoms with Crippen LogP contribution < -0.4 is 5.32 Å². The summed E-state index contributed by atoms with van der Waals surface area (Å²) in [5, 5.41) is 3.66. The zero-order valence-electron chi connectivity index (χ0n) is 12.9. The lowest BCUT2D eigenvalue weighted by molar-refractivity contribution is 0.0835. The number of hydrogen-bond donors (Lipinski definition) is 1. The number of halogens is 1. The molecular weight excluding hydrogens is 251 g/mol. The van der Waals surface area contributed by atoms with Gasteiger partial charge >= 0.3 is 0 Å². The molecule has 3 heteroatoms. The first-order valence-electron chi connectivity index (χ1n) is 7.90. The van der Waals surface area contributed by atoms with Gasteiger partial charge < -0.3 is 5.32 Å². The smallest absolute Gasteiger partial charge is 0.123 e. The summed E-state index contributed by atoms with van der Waals surface area (Å²) in [7, 11) is 0. The van der Waals surface area contributed by atoms with Crippen LogP contribution in [-0.2, 0) is 0 Å². The Labute approximate surface area is 122 Å². The first-order valence-corrected chi connectivity index (χ1v) is 7.90. The predicted molar refractivity (Wildman–Crippen MR) is 82.3 cm³/mol. The highest BCUT2D eigenvalue weighted by molar-refractivity contribution is 5.20. The fourth-order valence-electron chi connectivity index (χ4n) is 3.22. The monoisotopic (exact) mass is 278 g/mol. The summed E-state index contributed by atoms with van der Waals surface area (Å²) >= 11 is 0. The summed E-state index contributed by atoms with van der Waals surface area (Å²) in [6.07, 6.45) is 3.59. The normalized spacial score (nSPS) is 25.6. The van der Waals surface area contributed by atoms with Crippen LogP contribution in [0.5, 0.6) is 0 Å². The quantitative estimate of drug-likeness (QED) is 0.882. The van der Waals surface area contributed by atoms with Crippen molar-refractivity contribution in [3.63, 3.8) is 0 Å². The molecule has 1 aromatic carbocycles. The highest BCUT2D eigenvalue weighted by Gasteiger charge is 2.30. The van der Waals surface area contributed by atoms with E-state index in [0.29, 0.717) is 18.1 Å². The SMILES string of the molecule is CCCC1CN(C(C)c2ccc(F)cc2)C(CC)CN1. The molecule has 1 aliphatic rings. The second-order valence-corrected chi connectivity index (χ2v) is 5.88. The Kier molecular flexibility index (Phi) is 5.55. The number of piperazine rings is 1. The minimum atomic E-state index is -0.155. The van der Waals surface area contributed by atoms with Gasteiger partial charge in [-0.3, -0.25) is 4.90 Å². The number of rotatable bonds is 5. The van der Waals surface area contributed by atoms with Gasteiger partial charge in [-0.05, 0) is 37.5 Å². The molecule has 20 heavy (non-hydrogen) atoms. The van der Waals surface area contributed by atoms with Crippen molar-refractivity contribution in [2.45, 2.75) is 58.2 Å². The maximum atomic E-state index is 13.1. The topological polar surface area (TPSA) is 15.3 Å². The standard InChI is InChI=1S/C17H27FN2/c1-4-6-16-12-20(17(5-2)11-19-16)13(3)14-7-9-15(18)10-8-14/h7-10,13,16-17,19H,4-6,11-12H2,1-3H3. The summed E-state index contributed by atoms with van der Waals surface area (Å²) in [4.78, 5) is 2.59. The molecule has 3 unspecified atom stereocenters. The second-order valence-electron chi connectivity index (χ2n) is 5.88. The van der Waals surface area contributed by atoms with Crippen molar-refractivity contribution in [1.82, 2.24) is 10.2 Å². The highest BCUT2D eigenvalue weighted by atomic mass is 19.1. The molecule has 0 amide bonds. The van der Waals surface area contributed by atoms with Crippen molar-refractivity contribution in [3.8, 4) is 0 Å². The first kappa shape index (κ1) is 15.5. The Bertz CT molecular complexity index is 404. The Hall–Kier alpha value is -0.930. The number of benzene rings is 1. The Morgan fingerprint density at radius 1 is 1.30 bits per heavy atom. The fourth-order valence-corrected chi connectivity index (χ4v) is 3.22. The van der Waals surface area contributed by atoms with Crippen LogP contribution in [0.2, 0.25) is 0 Å². The lowest BCUT2D eigenvalue weighted by Crippen LogP contribution is -2.56. The van der Waals surface area contributed by atoms with E-state index in [-0.39, 0.29) is 5.82 Å². The molecule has 0 saturated carbocycles. The zero-order valence-corrected chi connectivity index (χ0v) is 12.9. The second kappa shape index (κ2) is 7.19. The molecule has 3 atom stereocenters. The summed E-state index contributed by atoms with van der Waals surface area (Å²) in [5.74, 6) is -0.155. The van der Waals surface area contributed by atoms with Crippen molar-refractivity contribution in [2.75, 3.05) is 13.1 Å². The number of nitrogens with zero attached hydrogens (tertiary/aromatic N) is 1. The lowest BCUT2D eigenvalue weighted by atomic mass is 9.98. The summed E-state index contributed by atoms with van der Waals surface area (Å²) in [6, 6.07) is 8.49. The van der Waals surface area contributed by atoms with Crippen LogP contribution in [0.3, 0.4) is 0 Å². The van der Waals surface area contributed by atoms with E-state index in [9.17, 15) is 4.39 Å². The summed E-state index contributed by atoms with van der Waals surface area (Å²) < 4.78 is 13.1. The largest absolute Gasteiger partial charge is 0.311 e. The van der Waals surface area contributed by atoms with Crippen LogP contribution in [0.15, 0.2) is 24.3 Å². The number of nitrogens with one attached hydrogen (secondary N) is 1. The third-order valence-corrected chi connectivity index (χ3v) is 4.50. The van der Waals surface area contributed by atoms with Crippen LogP contribution >= 0.6 is 0 Å². The van der Waals surface area contributed by atoms with E-state index >= 15 is 0 Å². The molecule has 1 saturated heterocycles. The van der Waals surface area contributed by atoms with Gasteiger partial charge in [-0.1, -0.05) is 32.4 Å². The summed E-state index contributed by atoms with van der Waals surface area (Å²) in [6.45, 7) is 8.88. The Morgan fingerprint density at radius 2 is 2.00 bits per heavy atom. The molecule has 0 aromatic heterocycles. The molecule has 1 aromatic rings. The maximum absolute atomic E-state index is 13.1. The molecular formula is C17H27FN2. The van der Waals surface area contributed by atoms with Crippen LogP contribution in [0, 0.1) is 5.82 Å². The van der Waals surface area contributed by atoms with Gasteiger partial charge in [0.05, 0.1) is 0 Å². The van der Waals surface area contributed by atoms with Gasteiger partial charge in [0.2, 0.25) is 0 Å². The van der Waals surface area contributed by atoms with E-state index in [4.69, 9.17) is 0 Å². The molecule has 1 N–H and O–H groups in total. The van der Waals surface area contributed by atoms with E-state index in [1.165, 1.54) is 18.4 Å². The van der Waals surface area contributed by atoms with Crippen molar-refractivity contribution in [3.05, 3.63) is 35.6 Å². The van der Waals surface area contributed by atoms with Crippen molar-refractivity contribution >= 4 is 0 Å². The van der Waals surface area contributed by atoms with Crippen molar-refractivity contribution in [2.24, 2.45) is 0 Å². The van der Waals surface area contributed by atoms with Gasteiger partial charge in [0.15, 0.2) is 0 Å². The van der Waals surface area contributed by atoms with Gasteiger partial charge in [-0.2, -0.15) is 0 Å². The van der Waals surface area contributed by atoms with Gasteiger partial charge in [-0.15, -0.1) is 0 Å². The minimum absolute atomic E-state index is 0.155. The average molecular weight is 278 g/mol. The van der Waals surface area contributed by atoms with E-state index < -0.39 is 0 Å². The fraction of sp³-hybridized carbons (Fsp3) is 0.647. The molecule has 0 aliphatic carbocycles. The molecule has 1 fully saturated rings. The third kappa shape index (κ3) is 3.58. The zero-order chi connectivity index (χ0) is 14.5. The van der Waals surface area contributed by atoms with Crippen LogP contribution in [0.4, 0.5) is 4.39 Å². The van der Waals surface area contributed by atoms with E-state index in [2.05, 4.69) is 31.0 Å². The van der Waals surface area contributed by atoms with Crippen LogP contribution in [0.25, 0.3) is 0 Å².